The van der Waals surface area contributed by atoms with Gasteiger partial charge in [0.2, 0.25) is 0 Å². The molecule has 0 aliphatic rings. The minimum Gasteiger partial charge on any atom is -0.462 e. The first-order chi connectivity index (χ1) is 33.8. The molecule has 69 heavy (non-hydrogen) atoms. The van der Waals surface area contributed by atoms with Crippen molar-refractivity contribution in [2.24, 2.45) is 5.73 Å². The van der Waals surface area contributed by atoms with Gasteiger partial charge in [0.15, 0.2) is 6.10 Å². The lowest BCUT2D eigenvalue weighted by Crippen LogP contribution is -2.29. The predicted molar refractivity (Wildman–Crippen MR) is 293 cm³/mol. The van der Waals surface area contributed by atoms with Gasteiger partial charge in [0, 0.05) is 19.4 Å². The molecule has 0 bridgehead atoms. The van der Waals surface area contributed by atoms with Crippen LogP contribution in [0, 0.1) is 0 Å². The molecular weight excluding hydrogens is 882 g/mol. The summed E-state index contributed by atoms with van der Waals surface area (Å²) < 4.78 is 33.0. The van der Waals surface area contributed by atoms with Crippen molar-refractivity contribution in [1.29, 1.82) is 0 Å². The second-order valence-corrected chi connectivity index (χ2v) is 20.6. The number of unbranched alkanes of at least 4 members (excludes halogenated alkanes) is 31. The average Bonchev–Trinajstić information content (AvgIpc) is 3.34. The fraction of sp³-hybridized carbons (Fsp3) is 0.797. The average molecular weight is 990 g/mol. The zero-order chi connectivity index (χ0) is 50.2. The maximum absolute atomic E-state index is 12.7. The first-order valence-electron chi connectivity index (χ1n) is 28.8. The van der Waals surface area contributed by atoms with Gasteiger partial charge in [-0.3, -0.25) is 18.6 Å². The van der Waals surface area contributed by atoms with Gasteiger partial charge in [-0.2, -0.15) is 0 Å². The Morgan fingerprint density at radius 3 is 1.20 bits per heavy atom. The Bertz CT molecular complexity index is 1310. The van der Waals surface area contributed by atoms with E-state index in [1.807, 2.05) is 0 Å². The number of carbonyl (C=O) groups excluding carboxylic acids is 2. The van der Waals surface area contributed by atoms with Gasteiger partial charge < -0.3 is 20.1 Å². The molecule has 2 atom stereocenters. The fourth-order valence-corrected chi connectivity index (χ4v) is 8.92. The summed E-state index contributed by atoms with van der Waals surface area (Å²) in [6.45, 7) is 3.64. The summed E-state index contributed by atoms with van der Waals surface area (Å²) in [5.41, 5.74) is 5.38. The molecule has 0 saturated heterocycles. The van der Waals surface area contributed by atoms with Gasteiger partial charge in [-0.15, -0.1) is 0 Å². The summed E-state index contributed by atoms with van der Waals surface area (Å²) in [5.74, 6) is -0.837. The van der Waals surface area contributed by atoms with Gasteiger partial charge in [0.1, 0.15) is 6.61 Å². The Morgan fingerprint density at radius 1 is 0.449 bits per heavy atom. The fourth-order valence-electron chi connectivity index (χ4n) is 8.15. The number of phosphoric ester groups is 1. The minimum absolute atomic E-state index is 0.0494. The zero-order valence-electron chi connectivity index (χ0n) is 44.8. The molecule has 402 valence electrons. The number of nitrogens with two attached hydrogens (primary N) is 1. The van der Waals surface area contributed by atoms with Crippen molar-refractivity contribution >= 4 is 19.8 Å². The normalized spacial score (nSPS) is 13.5. The van der Waals surface area contributed by atoms with E-state index in [0.29, 0.717) is 6.42 Å². The number of hydrogen-bond donors (Lipinski definition) is 2. The molecule has 0 rings (SSSR count). The topological polar surface area (TPSA) is 134 Å². The van der Waals surface area contributed by atoms with Gasteiger partial charge in [-0.1, -0.05) is 242 Å². The largest absolute Gasteiger partial charge is 0.472 e. The number of rotatable bonds is 54. The Kier molecular flexibility index (Phi) is 53.2. The third-order valence-electron chi connectivity index (χ3n) is 12.4. The molecule has 2 unspecified atom stereocenters. The van der Waals surface area contributed by atoms with E-state index in [1.54, 1.807) is 0 Å². The second kappa shape index (κ2) is 55.0. The van der Waals surface area contributed by atoms with Crippen molar-refractivity contribution in [2.45, 2.75) is 277 Å². The van der Waals surface area contributed by atoms with Gasteiger partial charge >= 0.3 is 19.8 Å². The van der Waals surface area contributed by atoms with Crippen LogP contribution in [0.5, 0.6) is 0 Å². The molecular formula is C59H108NO8P. The lowest BCUT2D eigenvalue weighted by molar-refractivity contribution is -0.161. The minimum atomic E-state index is -4.39. The van der Waals surface area contributed by atoms with Crippen LogP contribution in [0.2, 0.25) is 0 Å². The third-order valence-corrected chi connectivity index (χ3v) is 13.4. The lowest BCUT2D eigenvalue weighted by atomic mass is 10.0. The van der Waals surface area contributed by atoms with E-state index in [2.05, 4.69) is 74.6 Å². The van der Waals surface area contributed by atoms with E-state index >= 15 is 0 Å². The van der Waals surface area contributed by atoms with Gasteiger partial charge in [-0.05, 0) is 77.0 Å². The molecule has 0 spiro atoms. The Morgan fingerprint density at radius 2 is 0.797 bits per heavy atom. The standard InChI is InChI=1S/C59H108NO8P/c1-3-5-7-9-11-13-15-17-19-21-23-24-25-26-27-28-29-30-31-32-34-35-37-39-41-43-45-47-49-51-58(61)65-55-57(56-67-69(63,64)66-54-53-60)68-59(62)52-50-48-46-44-42-40-38-36-33-22-20-18-16-14-12-10-8-6-4-2/h6,8,12,14,18,20-21,23,33,36,57H,3-5,7,9-11,13,15-17,19,22,24-32,34-35,37-56,60H2,1-2H3,(H,63,64)/b8-6-,14-12-,20-18-,23-21-,36-33-. The Hall–Kier alpha value is -2.29. The highest BCUT2D eigenvalue weighted by molar-refractivity contribution is 7.47. The van der Waals surface area contributed by atoms with Crippen LogP contribution in [-0.2, 0) is 32.7 Å². The monoisotopic (exact) mass is 990 g/mol. The van der Waals surface area contributed by atoms with Crippen molar-refractivity contribution in [3.63, 3.8) is 0 Å². The predicted octanol–water partition coefficient (Wildman–Crippen LogP) is 18.0. The van der Waals surface area contributed by atoms with Crippen LogP contribution in [0.3, 0.4) is 0 Å². The highest BCUT2D eigenvalue weighted by Crippen LogP contribution is 2.43. The van der Waals surface area contributed by atoms with Crippen LogP contribution in [0.4, 0.5) is 0 Å². The van der Waals surface area contributed by atoms with Crippen LogP contribution in [0.15, 0.2) is 60.8 Å². The molecule has 0 aromatic carbocycles. The molecule has 0 aromatic heterocycles. The maximum Gasteiger partial charge on any atom is 0.472 e. The maximum atomic E-state index is 12.7. The number of ether oxygens (including phenoxy) is 2. The van der Waals surface area contributed by atoms with E-state index in [0.717, 1.165) is 83.5 Å². The molecule has 0 saturated carbocycles. The van der Waals surface area contributed by atoms with Crippen molar-refractivity contribution < 1.29 is 37.6 Å². The lowest BCUT2D eigenvalue weighted by Gasteiger charge is -2.19. The van der Waals surface area contributed by atoms with Crippen molar-refractivity contribution in [3.05, 3.63) is 60.8 Å². The third kappa shape index (κ3) is 54.9. The number of allylic oxidation sites excluding steroid dienone is 10. The summed E-state index contributed by atoms with van der Waals surface area (Å²) in [4.78, 5) is 35.1. The Labute approximate surface area is 425 Å². The van der Waals surface area contributed by atoms with Crippen LogP contribution in [0.1, 0.15) is 271 Å². The summed E-state index contributed by atoms with van der Waals surface area (Å²) in [5, 5.41) is 0. The second-order valence-electron chi connectivity index (χ2n) is 19.1. The van der Waals surface area contributed by atoms with Crippen LogP contribution < -0.4 is 5.73 Å². The summed E-state index contributed by atoms with van der Waals surface area (Å²) in [6, 6.07) is 0. The van der Waals surface area contributed by atoms with E-state index in [1.165, 1.54) is 154 Å². The molecule has 0 fully saturated rings. The van der Waals surface area contributed by atoms with E-state index in [9.17, 15) is 19.0 Å². The molecule has 3 N–H and O–H groups in total. The van der Waals surface area contributed by atoms with Crippen molar-refractivity contribution in [1.82, 2.24) is 0 Å². The first kappa shape index (κ1) is 66.7. The SMILES string of the molecule is CC/C=C\C/C=C\C/C=C\C/C=C\CCCCCCCCC(=O)OC(COC(=O)CCCCCCCCCCCCCCCCCCC/C=C\CCCCCCCCCC)COP(=O)(O)OCCN. The number of esters is 2. The Balaban J connectivity index is 3.93. The van der Waals surface area contributed by atoms with E-state index in [-0.39, 0.29) is 38.6 Å². The quantitative estimate of drug-likeness (QED) is 0.0264. The number of hydrogen-bond acceptors (Lipinski definition) is 8. The molecule has 0 radical (unpaired) electrons. The summed E-state index contributed by atoms with van der Waals surface area (Å²) >= 11 is 0. The van der Waals surface area contributed by atoms with Crippen LogP contribution in [0.25, 0.3) is 0 Å². The molecule has 9 nitrogen and oxygen atoms in total. The van der Waals surface area contributed by atoms with Crippen LogP contribution in [-0.4, -0.2) is 49.3 Å². The first-order valence-corrected chi connectivity index (χ1v) is 30.3. The van der Waals surface area contributed by atoms with Crippen molar-refractivity contribution in [2.75, 3.05) is 26.4 Å². The zero-order valence-corrected chi connectivity index (χ0v) is 45.7. The van der Waals surface area contributed by atoms with Gasteiger partial charge in [0.25, 0.3) is 0 Å². The molecule has 0 heterocycles. The number of phosphoric acid groups is 1. The number of carbonyl (C=O) groups is 2. The molecule has 0 aliphatic heterocycles. The molecule has 10 heteroatoms. The molecule has 0 amide bonds. The van der Waals surface area contributed by atoms with E-state index < -0.39 is 26.5 Å². The highest BCUT2D eigenvalue weighted by atomic mass is 31.2. The van der Waals surface area contributed by atoms with Crippen molar-refractivity contribution in [3.8, 4) is 0 Å². The molecule has 0 aromatic rings. The van der Waals surface area contributed by atoms with Crippen LogP contribution >= 0.6 is 7.82 Å². The summed E-state index contributed by atoms with van der Waals surface area (Å²) in [7, 11) is -4.39. The van der Waals surface area contributed by atoms with Gasteiger partial charge in [0.05, 0.1) is 13.2 Å². The smallest absolute Gasteiger partial charge is 0.462 e. The molecule has 0 aliphatic carbocycles. The summed E-state index contributed by atoms with van der Waals surface area (Å²) in [6.07, 6.45) is 68.5. The van der Waals surface area contributed by atoms with E-state index in [4.69, 9.17) is 24.3 Å². The highest BCUT2D eigenvalue weighted by Gasteiger charge is 2.26. The van der Waals surface area contributed by atoms with Gasteiger partial charge in [-0.25, -0.2) is 4.57 Å².